The Hall–Kier alpha value is -2.49. The van der Waals surface area contributed by atoms with Crippen LogP contribution in [0.15, 0.2) is 29.4 Å². The largest absolute Gasteiger partial charge is 0.438 e. The molecule has 0 spiro atoms. The number of hydrogen-bond acceptors (Lipinski definition) is 5. The number of halogens is 3. The lowest BCUT2D eigenvalue weighted by molar-refractivity contribution is -0.384. The topological polar surface area (TPSA) is 96.0 Å². The molecule has 1 aliphatic heterocycles. The lowest BCUT2D eigenvalue weighted by atomic mass is 9.99. The zero-order valence-electron chi connectivity index (χ0n) is 14.2. The minimum absolute atomic E-state index is 0.0316. The molecule has 1 aromatic rings. The molecule has 0 fully saturated rings. The molecule has 1 heterocycles. The fourth-order valence-corrected chi connectivity index (χ4v) is 2.49. The summed E-state index contributed by atoms with van der Waals surface area (Å²) in [7, 11) is 0. The summed E-state index contributed by atoms with van der Waals surface area (Å²) in [5.74, 6) is -0.963. The van der Waals surface area contributed by atoms with E-state index >= 15 is 0 Å². The van der Waals surface area contributed by atoms with Crippen LogP contribution in [0.4, 0.5) is 18.9 Å². The number of hydrogen-bond donors (Lipinski definition) is 1. The van der Waals surface area contributed by atoms with Crippen molar-refractivity contribution in [3.05, 3.63) is 39.9 Å². The Kier molecular flexibility index (Phi) is 5.36. The van der Waals surface area contributed by atoms with Crippen molar-refractivity contribution < 1.29 is 28.0 Å². The highest BCUT2D eigenvalue weighted by molar-refractivity contribution is 5.98. The van der Waals surface area contributed by atoms with Crippen molar-refractivity contribution in [3.63, 3.8) is 0 Å². The van der Waals surface area contributed by atoms with Crippen molar-refractivity contribution >= 4 is 17.3 Å². The standard InChI is InChI=1S/C16H18F3N3O4/c1-10(2)3-6-12-9-15(24,16(17,18)19)21(20-12)14(23)11-4-7-13(8-5-11)22(25)26/h4-5,7-8,10,24H,3,6,9H2,1-2H3/t15-/m0/s1. The van der Waals surface area contributed by atoms with Crippen LogP contribution in [0.3, 0.4) is 0 Å². The summed E-state index contributed by atoms with van der Waals surface area (Å²) in [5.41, 5.74) is -3.91. The Morgan fingerprint density at radius 2 is 1.96 bits per heavy atom. The van der Waals surface area contributed by atoms with Crippen molar-refractivity contribution in [2.75, 3.05) is 0 Å². The quantitative estimate of drug-likeness (QED) is 0.631. The number of aliphatic hydroxyl groups is 1. The Balaban J connectivity index is 2.34. The minimum Gasteiger partial charge on any atom is -0.362 e. The highest BCUT2D eigenvalue weighted by atomic mass is 19.4. The second kappa shape index (κ2) is 7.02. The molecule has 7 nitrogen and oxygen atoms in total. The molecule has 0 bridgehead atoms. The average Bonchev–Trinajstić information content (AvgIpc) is 2.90. The fraction of sp³-hybridized carbons (Fsp3) is 0.500. The molecule has 142 valence electrons. The molecule has 0 saturated heterocycles. The third-order valence-corrected chi connectivity index (χ3v) is 4.02. The van der Waals surface area contributed by atoms with E-state index in [2.05, 4.69) is 5.10 Å². The van der Waals surface area contributed by atoms with Gasteiger partial charge in [-0.05, 0) is 30.9 Å². The smallest absolute Gasteiger partial charge is 0.362 e. The molecular formula is C16H18F3N3O4. The van der Waals surface area contributed by atoms with Crippen molar-refractivity contribution in [1.29, 1.82) is 0 Å². The van der Waals surface area contributed by atoms with Crippen molar-refractivity contribution in [1.82, 2.24) is 5.01 Å². The van der Waals surface area contributed by atoms with Gasteiger partial charge in [0, 0.05) is 29.8 Å². The van der Waals surface area contributed by atoms with Crippen LogP contribution >= 0.6 is 0 Å². The average molecular weight is 373 g/mol. The maximum absolute atomic E-state index is 13.4. The van der Waals surface area contributed by atoms with Gasteiger partial charge in [0.1, 0.15) is 0 Å². The maximum atomic E-state index is 13.4. The predicted molar refractivity (Wildman–Crippen MR) is 86.4 cm³/mol. The van der Waals surface area contributed by atoms with E-state index in [0.717, 1.165) is 24.3 Å². The molecule has 1 aliphatic rings. The highest BCUT2D eigenvalue weighted by Crippen LogP contribution is 2.41. The molecule has 0 unspecified atom stereocenters. The van der Waals surface area contributed by atoms with Gasteiger partial charge in [0.25, 0.3) is 17.3 Å². The van der Waals surface area contributed by atoms with Crippen LogP contribution in [0.5, 0.6) is 0 Å². The van der Waals surface area contributed by atoms with Crippen LogP contribution in [0.2, 0.25) is 0 Å². The van der Waals surface area contributed by atoms with Crippen LogP contribution in [0.1, 0.15) is 43.5 Å². The molecule has 26 heavy (non-hydrogen) atoms. The first-order chi connectivity index (χ1) is 12.0. The number of amides is 1. The Labute approximate surface area is 147 Å². The summed E-state index contributed by atoms with van der Waals surface area (Å²) in [6.45, 7) is 3.79. The number of nitro benzene ring substituents is 1. The summed E-state index contributed by atoms with van der Waals surface area (Å²) < 4.78 is 40.2. The van der Waals surface area contributed by atoms with Crippen molar-refractivity contribution in [2.45, 2.75) is 45.0 Å². The van der Waals surface area contributed by atoms with E-state index in [1.165, 1.54) is 0 Å². The van der Waals surface area contributed by atoms with E-state index in [1.807, 2.05) is 13.8 Å². The minimum atomic E-state index is -5.10. The van der Waals surface area contributed by atoms with Gasteiger partial charge in [-0.3, -0.25) is 14.9 Å². The lowest BCUT2D eigenvalue weighted by Crippen LogP contribution is -2.56. The Bertz CT molecular complexity index is 731. The molecule has 0 aromatic heterocycles. The van der Waals surface area contributed by atoms with E-state index in [9.17, 15) is 33.2 Å². The van der Waals surface area contributed by atoms with Gasteiger partial charge < -0.3 is 5.11 Å². The number of carbonyl (C=O) groups is 1. The normalized spacial score (nSPS) is 20.4. The summed E-state index contributed by atoms with van der Waals surface area (Å²) in [4.78, 5) is 22.4. The highest BCUT2D eigenvalue weighted by Gasteiger charge is 2.63. The second-order valence-corrected chi connectivity index (χ2v) is 6.51. The van der Waals surface area contributed by atoms with E-state index in [0.29, 0.717) is 6.42 Å². The summed E-state index contributed by atoms with van der Waals surface area (Å²) in [6.07, 6.45) is -5.14. The molecule has 0 saturated carbocycles. The monoisotopic (exact) mass is 373 g/mol. The number of nitrogens with zero attached hydrogens (tertiary/aromatic N) is 3. The van der Waals surface area contributed by atoms with E-state index < -0.39 is 29.2 Å². The van der Waals surface area contributed by atoms with Gasteiger partial charge in [0.15, 0.2) is 0 Å². The first kappa shape index (κ1) is 19.8. The fourth-order valence-electron chi connectivity index (χ4n) is 2.49. The molecule has 0 radical (unpaired) electrons. The van der Waals surface area contributed by atoms with Gasteiger partial charge in [0.2, 0.25) is 0 Å². The molecule has 1 atom stereocenters. The van der Waals surface area contributed by atoms with Gasteiger partial charge in [-0.1, -0.05) is 13.8 Å². The lowest BCUT2D eigenvalue weighted by Gasteiger charge is -2.32. The maximum Gasteiger partial charge on any atom is 0.438 e. The Morgan fingerprint density at radius 1 is 1.38 bits per heavy atom. The van der Waals surface area contributed by atoms with Gasteiger partial charge in [-0.2, -0.15) is 23.3 Å². The molecule has 0 aliphatic carbocycles. The molecule has 1 N–H and O–H groups in total. The van der Waals surface area contributed by atoms with Crippen LogP contribution in [-0.4, -0.2) is 38.6 Å². The number of carbonyl (C=O) groups excluding carboxylic acids is 1. The van der Waals surface area contributed by atoms with Gasteiger partial charge in [-0.25, -0.2) is 0 Å². The molecular weight excluding hydrogens is 355 g/mol. The number of hydrazone groups is 1. The number of nitro groups is 1. The molecule has 2 rings (SSSR count). The first-order valence-corrected chi connectivity index (χ1v) is 7.90. The number of alkyl halides is 3. The van der Waals surface area contributed by atoms with E-state index in [4.69, 9.17) is 0 Å². The molecule has 1 aromatic carbocycles. The SMILES string of the molecule is CC(C)CCC1=NN(C(=O)c2ccc([N+](=O)[O-])cc2)[C@@](O)(C(F)(F)F)C1. The second-order valence-electron chi connectivity index (χ2n) is 6.51. The van der Waals surface area contributed by atoms with Crippen LogP contribution in [-0.2, 0) is 0 Å². The number of non-ortho nitro benzene ring substituents is 1. The first-order valence-electron chi connectivity index (χ1n) is 7.90. The van der Waals surface area contributed by atoms with E-state index in [-0.39, 0.29) is 34.3 Å². The van der Waals surface area contributed by atoms with Gasteiger partial charge >= 0.3 is 6.18 Å². The third-order valence-electron chi connectivity index (χ3n) is 4.02. The zero-order valence-corrected chi connectivity index (χ0v) is 14.2. The van der Waals surface area contributed by atoms with E-state index in [1.54, 1.807) is 0 Å². The molecule has 1 amide bonds. The van der Waals surface area contributed by atoms with Crippen molar-refractivity contribution in [3.8, 4) is 0 Å². The van der Waals surface area contributed by atoms with Crippen molar-refractivity contribution in [2.24, 2.45) is 11.0 Å². The summed E-state index contributed by atoms with van der Waals surface area (Å²) in [5, 5.41) is 24.5. The van der Waals surface area contributed by atoms with Crippen LogP contribution in [0.25, 0.3) is 0 Å². The van der Waals surface area contributed by atoms with Crippen LogP contribution in [0, 0.1) is 16.0 Å². The predicted octanol–water partition coefficient (Wildman–Crippen LogP) is 3.48. The number of benzene rings is 1. The zero-order chi connectivity index (χ0) is 19.7. The Morgan fingerprint density at radius 3 is 2.42 bits per heavy atom. The molecule has 10 heteroatoms. The summed E-state index contributed by atoms with van der Waals surface area (Å²) in [6, 6.07) is 4.05. The van der Waals surface area contributed by atoms with Crippen LogP contribution < -0.4 is 0 Å². The number of rotatable bonds is 5. The third kappa shape index (κ3) is 3.85. The van der Waals surface area contributed by atoms with Gasteiger partial charge in [-0.15, -0.1) is 0 Å². The summed E-state index contributed by atoms with van der Waals surface area (Å²) >= 11 is 0. The van der Waals surface area contributed by atoms with Gasteiger partial charge in [0.05, 0.1) is 4.92 Å².